The van der Waals surface area contributed by atoms with Gasteiger partial charge in [0.15, 0.2) is 0 Å². The van der Waals surface area contributed by atoms with E-state index in [-0.39, 0.29) is 5.69 Å². The summed E-state index contributed by atoms with van der Waals surface area (Å²) >= 11 is 1.62. The van der Waals surface area contributed by atoms with E-state index in [9.17, 15) is 0 Å². The first-order valence-electron chi connectivity index (χ1n) is 26.4. The van der Waals surface area contributed by atoms with E-state index >= 15 is 8.78 Å². The van der Waals surface area contributed by atoms with E-state index in [1.807, 2.05) is 114 Å². The highest BCUT2D eigenvalue weighted by atomic mass is 32.2. The van der Waals surface area contributed by atoms with Crippen molar-refractivity contribution in [3.05, 3.63) is 333 Å². The Kier molecular flexibility index (Phi) is 15.0. The number of rotatable bonds is 17. The van der Waals surface area contributed by atoms with Gasteiger partial charge >= 0.3 is 0 Å². The highest BCUT2D eigenvalue weighted by Crippen LogP contribution is 2.49. The van der Waals surface area contributed by atoms with E-state index in [1.54, 1.807) is 11.8 Å². The van der Waals surface area contributed by atoms with E-state index in [0.29, 0.717) is 11.4 Å². The second-order valence-electron chi connectivity index (χ2n) is 18.9. The van der Waals surface area contributed by atoms with Gasteiger partial charge in [-0.1, -0.05) is 163 Å². The molecule has 0 aromatic heterocycles. The third kappa shape index (κ3) is 11.2. The summed E-state index contributed by atoms with van der Waals surface area (Å²) in [6, 6.07) is 108. The molecule has 0 spiro atoms. The first kappa shape index (κ1) is 50.7. The van der Waals surface area contributed by atoms with Crippen molar-refractivity contribution >= 4 is 97.1 Å². The first-order valence-corrected chi connectivity index (χ1v) is 27.3. The molecule has 0 N–H and O–H groups in total. The monoisotopic (exact) mass is 1060 g/mol. The van der Waals surface area contributed by atoms with Gasteiger partial charge in [0.1, 0.15) is 11.6 Å². The van der Waals surface area contributed by atoms with Crippen LogP contribution >= 0.6 is 11.8 Å². The molecule has 0 bridgehead atoms. The minimum absolute atomic E-state index is 0.181. The largest absolute Gasteiger partial charge is 0.310 e. The summed E-state index contributed by atoms with van der Waals surface area (Å²) in [4.78, 5) is 12.7. The topological polar surface area (TPSA) is 16.2 Å². The standard InChI is InChI=1S/C72H53F2N5S/c73-54-44-45-72(71(74)46-54)79(66-48-64(75(55-26-9-1-10-27-55)56-28-11-2-12-29-56)47-65(49-66)76(57-30-13-3-14-31-57)58-32-15-4-16-33-58)63-42-25-43-69(51-63)80-70-52-67(77(59-34-17-5-18-35-59)60-36-19-6-20-37-60)50-68(53-70)78(61-38-21-7-22-39-61)62-40-23-8-24-41-62/h1-53H. The molecule has 0 saturated heterocycles. The quantitative estimate of drug-likeness (QED) is 0.0897. The van der Waals surface area contributed by atoms with Crippen LogP contribution in [0.1, 0.15) is 0 Å². The summed E-state index contributed by atoms with van der Waals surface area (Å²) < 4.78 is 32.1. The maximum absolute atomic E-state index is 17.0. The molecule has 8 heteroatoms. The number of hydrogen-bond acceptors (Lipinski definition) is 6. The van der Waals surface area contributed by atoms with Crippen LogP contribution in [0.2, 0.25) is 0 Å². The number of para-hydroxylation sites is 8. The van der Waals surface area contributed by atoms with Crippen LogP contribution < -0.4 is 24.5 Å². The van der Waals surface area contributed by atoms with Gasteiger partial charge in [-0.2, -0.15) is 0 Å². The lowest BCUT2D eigenvalue weighted by Gasteiger charge is -2.33. The molecule has 12 rings (SSSR count). The molecule has 12 aromatic rings. The molecule has 386 valence electrons. The van der Waals surface area contributed by atoms with Crippen LogP contribution in [0.25, 0.3) is 0 Å². The van der Waals surface area contributed by atoms with Crippen LogP contribution in [-0.2, 0) is 0 Å². The van der Waals surface area contributed by atoms with Gasteiger partial charge in [0.25, 0.3) is 0 Å². The average Bonchev–Trinajstić information content (AvgIpc) is 3.58. The van der Waals surface area contributed by atoms with Crippen LogP contribution in [0.3, 0.4) is 0 Å². The fraction of sp³-hybridized carbons (Fsp3) is 0. The number of anilines is 15. The summed E-state index contributed by atoms with van der Waals surface area (Å²) in [5.74, 6) is -1.37. The van der Waals surface area contributed by atoms with Crippen LogP contribution in [0, 0.1) is 11.6 Å². The molecule has 0 saturated carbocycles. The fourth-order valence-electron chi connectivity index (χ4n) is 10.2. The maximum Gasteiger partial charge on any atom is 0.150 e. The van der Waals surface area contributed by atoms with E-state index in [4.69, 9.17) is 0 Å². The van der Waals surface area contributed by atoms with Gasteiger partial charge in [0.05, 0.1) is 22.7 Å². The summed E-state index contributed by atoms with van der Waals surface area (Å²) in [5, 5.41) is 0. The minimum Gasteiger partial charge on any atom is -0.310 e. The van der Waals surface area contributed by atoms with Crippen LogP contribution in [0.4, 0.5) is 94.1 Å². The van der Waals surface area contributed by atoms with E-state index in [1.165, 1.54) is 12.1 Å². The van der Waals surface area contributed by atoms with Crippen LogP contribution in [-0.4, -0.2) is 0 Å². The Bertz CT molecular complexity index is 3600. The number of hydrogen-bond donors (Lipinski definition) is 0. The maximum atomic E-state index is 17.0. The Morgan fingerprint density at radius 2 is 0.463 bits per heavy atom. The van der Waals surface area contributed by atoms with Gasteiger partial charge in [0, 0.05) is 78.4 Å². The molecule has 0 aliphatic carbocycles. The van der Waals surface area contributed by atoms with Gasteiger partial charge in [-0.3, -0.25) is 0 Å². The van der Waals surface area contributed by atoms with Gasteiger partial charge in [-0.25, -0.2) is 8.78 Å². The molecule has 80 heavy (non-hydrogen) atoms. The van der Waals surface area contributed by atoms with Crippen molar-refractivity contribution in [3.63, 3.8) is 0 Å². The fourth-order valence-corrected chi connectivity index (χ4v) is 11.1. The Morgan fingerprint density at radius 1 is 0.200 bits per heavy atom. The average molecular weight is 1060 g/mol. The molecule has 0 aliphatic heterocycles. The number of halogens is 2. The van der Waals surface area contributed by atoms with Crippen molar-refractivity contribution in [2.24, 2.45) is 0 Å². The zero-order valence-corrected chi connectivity index (χ0v) is 44.3. The predicted molar refractivity (Wildman–Crippen MR) is 330 cm³/mol. The van der Waals surface area contributed by atoms with Crippen LogP contribution in [0.15, 0.2) is 331 Å². The molecule has 5 nitrogen and oxygen atoms in total. The van der Waals surface area contributed by atoms with Crippen molar-refractivity contribution in [1.82, 2.24) is 0 Å². The molecule has 0 radical (unpaired) electrons. The normalized spacial score (nSPS) is 10.9. The lowest BCUT2D eigenvalue weighted by Crippen LogP contribution is -2.17. The smallest absolute Gasteiger partial charge is 0.150 e. The lowest BCUT2D eigenvalue weighted by molar-refractivity contribution is 0.584. The minimum atomic E-state index is -0.706. The third-order valence-corrected chi connectivity index (χ3v) is 14.6. The van der Waals surface area contributed by atoms with E-state index in [2.05, 4.69) is 214 Å². The Labute approximate surface area is 470 Å². The van der Waals surface area contributed by atoms with Gasteiger partial charge in [-0.15, -0.1) is 0 Å². The second kappa shape index (κ2) is 23.6. The predicted octanol–water partition coefficient (Wildman–Crippen LogP) is 21.5. The Morgan fingerprint density at radius 3 is 0.762 bits per heavy atom. The van der Waals surface area contributed by atoms with Gasteiger partial charge in [0.2, 0.25) is 0 Å². The summed E-state index contributed by atoms with van der Waals surface area (Å²) in [5.41, 5.74) is 12.8. The summed E-state index contributed by atoms with van der Waals surface area (Å²) in [6.07, 6.45) is 0. The second-order valence-corrected chi connectivity index (χ2v) is 20.1. The molecular formula is C72H53F2N5S. The van der Waals surface area contributed by atoms with Crippen molar-refractivity contribution in [2.75, 3.05) is 24.5 Å². The molecular weight excluding hydrogens is 1000 g/mol. The highest BCUT2D eigenvalue weighted by Gasteiger charge is 2.25. The Hall–Kier alpha value is -10.2. The van der Waals surface area contributed by atoms with Gasteiger partial charge < -0.3 is 24.5 Å². The third-order valence-electron chi connectivity index (χ3n) is 13.6. The molecule has 0 aliphatic rings. The van der Waals surface area contributed by atoms with Crippen molar-refractivity contribution < 1.29 is 8.78 Å². The SMILES string of the molecule is Fc1ccc(N(c2cccc(Sc3cc(N(c4ccccc4)c4ccccc4)cc(N(c4ccccc4)c4ccccc4)c3)c2)c2cc(N(c3ccccc3)c3ccccc3)cc(N(c3ccccc3)c3ccccc3)c2)c(F)c1. The Balaban J connectivity index is 1.06. The van der Waals surface area contributed by atoms with Crippen molar-refractivity contribution in [1.29, 1.82) is 0 Å². The van der Waals surface area contributed by atoms with Gasteiger partial charge in [-0.05, 0) is 164 Å². The summed E-state index contributed by atoms with van der Waals surface area (Å²) in [6.45, 7) is 0. The van der Waals surface area contributed by atoms with Crippen molar-refractivity contribution in [3.8, 4) is 0 Å². The van der Waals surface area contributed by atoms with Crippen LogP contribution in [0.5, 0.6) is 0 Å². The number of nitrogens with zero attached hydrogens (tertiary/aromatic N) is 5. The molecule has 0 amide bonds. The lowest BCUT2D eigenvalue weighted by atomic mass is 10.1. The molecule has 0 unspecified atom stereocenters. The molecule has 12 aromatic carbocycles. The molecule has 0 atom stereocenters. The summed E-state index contributed by atoms with van der Waals surface area (Å²) in [7, 11) is 0. The zero-order valence-electron chi connectivity index (χ0n) is 43.5. The van der Waals surface area contributed by atoms with Crippen molar-refractivity contribution in [2.45, 2.75) is 9.79 Å². The van der Waals surface area contributed by atoms with E-state index < -0.39 is 11.6 Å². The molecule has 0 heterocycles. The van der Waals surface area contributed by atoms with E-state index in [0.717, 1.165) is 84.1 Å². The number of benzene rings is 12. The first-order chi connectivity index (χ1) is 39.5. The highest BCUT2D eigenvalue weighted by molar-refractivity contribution is 7.99. The zero-order chi connectivity index (χ0) is 54.0. The molecule has 0 fully saturated rings.